The van der Waals surface area contributed by atoms with Crippen LogP contribution in [0.4, 0.5) is 0 Å². The Hall–Kier alpha value is -2.92. The monoisotopic (exact) mass is 835 g/mol. The molecule has 0 heterocycles. The molecular weight excluding hydrogens is 741 g/mol. The van der Waals surface area contributed by atoms with Crippen molar-refractivity contribution in [2.45, 2.75) is 232 Å². The molecule has 0 aromatic rings. The van der Waals surface area contributed by atoms with Crippen molar-refractivity contribution in [3.05, 3.63) is 85.1 Å². The van der Waals surface area contributed by atoms with E-state index in [4.69, 9.17) is 14.2 Å². The Labute approximate surface area is 371 Å². The molecule has 5 heteroatoms. The lowest BCUT2D eigenvalue weighted by molar-refractivity contribution is -0.163. The van der Waals surface area contributed by atoms with Gasteiger partial charge in [-0.25, -0.2) is 0 Å². The van der Waals surface area contributed by atoms with Gasteiger partial charge in [-0.2, -0.15) is 0 Å². The first kappa shape index (κ1) is 57.1. The van der Waals surface area contributed by atoms with Gasteiger partial charge < -0.3 is 14.2 Å². The van der Waals surface area contributed by atoms with Crippen molar-refractivity contribution in [2.24, 2.45) is 0 Å². The van der Waals surface area contributed by atoms with E-state index in [0.717, 1.165) is 116 Å². The lowest BCUT2D eigenvalue weighted by Gasteiger charge is -2.18. The average Bonchev–Trinajstić information content (AvgIpc) is 3.25. The topological polar surface area (TPSA) is 61.8 Å². The SMILES string of the molecule is CC/C=C\C/C=C\C/C=C\C/C=C\CCCCCCC(=O)OCC(COCCCCCCCCCCCCCCCC)OC(=O)CCCCC/C=C\C/C=C\C/C=C\CC. The zero-order valence-electron chi connectivity index (χ0n) is 39.5. The number of unbranched alkanes of at least 4 members (excludes halogenated alkanes) is 20. The van der Waals surface area contributed by atoms with Gasteiger partial charge in [-0.3, -0.25) is 9.59 Å². The van der Waals surface area contributed by atoms with Crippen LogP contribution in [0.1, 0.15) is 226 Å². The Balaban J connectivity index is 4.34. The summed E-state index contributed by atoms with van der Waals surface area (Å²) >= 11 is 0. The summed E-state index contributed by atoms with van der Waals surface area (Å²) in [5, 5.41) is 0. The average molecular weight is 835 g/mol. The van der Waals surface area contributed by atoms with E-state index in [1.807, 2.05) is 0 Å². The van der Waals surface area contributed by atoms with Crippen molar-refractivity contribution in [1.82, 2.24) is 0 Å². The normalized spacial score (nSPS) is 12.9. The molecule has 0 radical (unpaired) electrons. The zero-order valence-corrected chi connectivity index (χ0v) is 39.5. The van der Waals surface area contributed by atoms with Gasteiger partial charge in [0, 0.05) is 19.4 Å². The van der Waals surface area contributed by atoms with E-state index in [2.05, 4.69) is 106 Å². The van der Waals surface area contributed by atoms with E-state index >= 15 is 0 Å². The Morgan fingerprint density at radius 2 is 0.750 bits per heavy atom. The molecule has 0 fully saturated rings. The molecule has 0 aliphatic rings. The van der Waals surface area contributed by atoms with Crippen LogP contribution in [-0.4, -0.2) is 37.9 Å². The fourth-order valence-corrected chi connectivity index (χ4v) is 6.75. The minimum Gasteiger partial charge on any atom is -0.462 e. The van der Waals surface area contributed by atoms with Crippen LogP contribution in [0.15, 0.2) is 85.1 Å². The van der Waals surface area contributed by atoms with Gasteiger partial charge in [-0.15, -0.1) is 0 Å². The summed E-state index contributed by atoms with van der Waals surface area (Å²) in [6, 6.07) is 0. The zero-order chi connectivity index (χ0) is 43.5. The summed E-state index contributed by atoms with van der Waals surface area (Å²) < 4.78 is 17.3. The molecule has 0 bridgehead atoms. The van der Waals surface area contributed by atoms with Crippen molar-refractivity contribution in [3.8, 4) is 0 Å². The second-order valence-electron chi connectivity index (χ2n) is 16.3. The molecule has 5 nitrogen and oxygen atoms in total. The largest absolute Gasteiger partial charge is 0.462 e. The van der Waals surface area contributed by atoms with Crippen molar-refractivity contribution < 1.29 is 23.8 Å². The fraction of sp³-hybridized carbons (Fsp3) is 0.709. The predicted molar refractivity (Wildman–Crippen MR) is 260 cm³/mol. The van der Waals surface area contributed by atoms with Gasteiger partial charge in [0.1, 0.15) is 6.61 Å². The van der Waals surface area contributed by atoms with Crippen LogP contribution in [0.3, 0.4) is 0 Å². The second-order valence-corrected chi connectivity index (χ2v) is 16.3. The van der Waals surface area contributed by atoms with Crippen molar-refractivity contribution >= 4 is 11.9 Å². The molecule has 0 spiro atoms. The molecular formula is C55H94O5. The van der Waals surface area contributed by atoms with Crippen molar-refractivity contribution in [1.29, 1.82) is 0 Å². The Morgan fingerprint density at radius 3 is 1.22 bits per heavy atom. The van der Waals surface area contributed by atoms with Gasteiger partial charge in [0.25, 0.3) is 0 Å². The van der Waals surface area contributed by atoms with E-state index in [1.165, 1.54) is 77.0 Å². The van der Waals surface area contributed by atoms with Crippen LogP contribution in [-0.2, 0) is 23.8 Å². The highest BCUT2D eigenvalue weighted by atomic mass is 16.6. The lowest BCUT2D eigenvalue weighted by Crippen LogP contribution is -2.30. The van der Waals surface area contributed by atoms with E-state index in [1.54, 1.807) is 0 Å². The quantitative estimate of drug-likeness (QED) is 0.0347. The van der Waals surface area contributed by atoms with Crippen LogP contribution >= 0.6 is 0 Å². The Bertz CT molecular complexity index is 1130. The molecule has 0 saturated carbocycles. The number of hydrogen-bond donors (Lipinski definition) is 0. The standard InChI is InChI=1S/C55H94O5/c1-4-7-10-13-16-19-22-25-27-28-29-31-33-36-39-42-45-48-54(56)59-52-53(51-58-50-47-44-41-38-35-32-26-23-20-17-14-11-8-5-2)60-55(57)49-46-43-40-37-34-30-24-21-18-15-12-9-6-3/h7,9-10,12,16,18-19,21,25,27,29-31,34,53H,4-6,8,11,13-15,17,20,22-24,26,28,32-33,35-52H2,1-3H3/b10-7-,12-9-,19-16-,21-18-,27-25-,31-29-,34-30-. The van der Waals surface area contributed by atoms with Crippen LogP contribution in [0.5, 0.6) is 0 Å². The lowest BCUT2D eigenvalue weighted by atomic mass is 10.0. The summed E-state index contributed by atoms with van der Waals surface area (Å²) in [7, 11) is 0. The number of carbonyl (C=O) groups is 2. The molecule has 1 unspecified atom stereocenters. The third kappa shape index (κ3) is 47.8. The van der Waals surface area contributed by atoms with Gasteiger partial charge in [0.2, 0.25) is 0 Å². The number of carbonyl (C=O) groups excluding carboxylic acids is 2. The Kier molecular flexibility index (Phi) is 48.0. The highest BCUT2D eigenvalue weighted by molar-refractivity contribution is 5.70. The summed E-state index contributed by atoms with van der Waals surface area (Å²) in [5.74, 6) is -0.457. The molecule has 0 aromatic carbocycles. The minimum absolute atomic E-state index is 0.0588. The van der Waals surface area contributed by atoms with Crippen LogP contribution < -0.4 is 0 Å². The Morgan fingerprint density at radius 1 is 0.383 bits per heavy atom. The van der Waals surface area contributed by atoms with Gasteiger partial charge in [-0.1, -0.05) is 209 Å². The highest BCUT2D eigenvalue weighted by Crippen LogP contribution is 2.14. The number of ether oxygens (including phenoxy) is 3. The van der Waals surface area contributed by atoms with Crippen molar-refractivity contribution in [3.63, 3.8) is 0 Å². The predicted octanol–water partition coefficient (Wildman–Crippen LogP) is 16.9. The summed E-state index contributed by atoms with van der Waals surface area (Å²) in [6.45, 7) is 7.55. The van der Waals surface area contributed by atoms with Crippen LogP contribution in [0.2, 0.25) is 0 Å². The first-order chi connectivity index (χ1) is 29.6. The van der Waals surface area contributed by atoms with Gasteiger partial charge >= 0.3 is 11.9 Å². The second kappa shape index (κ2) is 50.4. The smallest absolute Gasteiger partial charge is 0.306 e. The third-order valence-electron chi connectivity index (χ3n) is 10.4. The summed E-state index contributed by atoms with van der Waals surface area (Å²) in [5.41, 5.74) is 0. The van der Waals surface area contributed by atoms with E-state index in [0.29, 0.717) is 19.4 Å². The molecule has 0 N–H and O–H groups in total. The summed E-state index contributed by atoms with van der Waals surface area (Å²) in [4.78, 5) is 25.3. The first-order valence-electron chi connectivity index (χ1n) is 25.1. The minimum atomic E-state index is -0.562. The molecule has 0 amide bonds. The van der Waals surface area contributed by atoms with Gasteiger partial charge in [-0.05, 0) is 89.9 Å². The molecule has 0 rings (SSSR count). The number of esters is 2. The molecule has 60 heavy (non-hydrogen) atoms. The number of allylic oxidation sites excluding steroid dienone is 14. The van der Waals surface area contributed by atoms with Crippen LogP contribution in [0.25, 0.3) is 0 Å². The third-order valence-corrected chi connectivity index (χ3v) is 10.4. The molecule has 0 saturated heterocycles. The molecule has 0 aliphatic carbocycles. The highest BCUT2D eigenvalue weighted by Gasteiger charge is 2.17. The maximum Gasteiger partial charge on any atom is 0.306 e. The number of rotatable bonds is 45. The maximum absolute atomic E-state index is 12.8. The molecule has 1 atom stereocenters. The summed E-state index contributed by atoms with van der Waals surface area (Å²) in [6.07, 6.45) is 65.9. The molecule has 0 aromatic heterocycles. The number of hydrogen-bond acceptors (Lipinski definition) is 5. The van der Waals surface area contributed by atoms with Gasteiger partial charge in [0.15, 0.2) is 6.10 Å². The van der Waals surface area contributed by atoms with E-state index < -0.39 is 6.10 Å². The van der Waals surface area contributed by atoms with Crippen molar-refractivity contribution in [2.75, 3.05) is 19.8 Å². The maximum atomic E-state index is 12.8. The van der Waals surface area contributed by atoms with Crippen LogP contribution in [0, 0.1) is 0 Å². The van der Waals surface area contributed by atoms with E-state index in [-0.39, 0.29) is 25.2 Å². The first-order valence-corrected chi connectivity index (χ1v) is 25.1. The van der Waals surface area contributed by atoms with Gasteiger partial charge in [0.05, 0.1) is 6.61 Å². The molecule has 344 valence electrons. The fourth-order valence-electron chi connectivity index (χ4n) is 6.75. The van der Waals surface area contributed by atoms with E-state index in [9.17, 15) is 9.59 Å². The molecule has 0 aliphatic heterocycles.